The minimum absolute atomic E-state index is 0.131. The summed E-state index contributed by atoms with van der Waals surface area (Å²) in [6, 6.07) is 8.03. The summed E-state index contributed by atoms with van der Waals surface area (Å²) < 4.78 is 5.32. The first-order valence-electron chi connectivity index (χ1n) is 7.79. The van der Waals surface area contributed by atoms with E-state index < -0.39 is 5.60 Å². The molecule has 1 unspecified atom stereocenters. The maximum Gasteiger partial charge on any atom is 0.407 e. The number of piperidine rings is 1. The van der Waals surface area contributed by atoms with Crippen molar-refractivity contribution in [3.8, 4) is 0 Å². The molecule has 1 fully saturated rings. The largest absolute Gasteiger partial charge is 0.444 e. The van der Waals surface area contributed by atoms with E-state index in [0.717, 1.165) is 43.1 Å². The minimum Gasteiger partial charge on any atom is -0.444 e. The maximum atomic E-state index is 11.9. The standard InChI is InChI=1S/C17H25ClN2O2/c1-17(2,3)22-16(21)19-14-8-6-10-20(12-14)11-13-7-4-5-9-15(13)18/h4-5,7,9,14H,6,8,10-12H2,1-3H3,(H,19,21). The van der Waals surface area contributed by atoms with Crippen LogP contribution in [0.25, 0.3) is 0 Å². The van der Waals surface area contributed by atoms with Crippen molar-refractivity contribution in [1.82, 2.24) is 10.2 Å². The van der Waals surface area contributed by atoms with Crippen LogP contribution >= 0.6 is 11.6 Å². The van der Waals surface area contributed by atoms with E-state index in [0.29, 0.717) is 0 Å². The van der Waals surface area contributed by atoms with E-state index in [9.17, 15) is 4.79 Å². The molecule has 1 aromatic rings. The van der Waals surface area contributed by atoms with Crippen molar-refractivity contribution in [2.24, 2.45) is 0 Å². The molecule has 1 amide bonds. The zero-order valence-corrected chi connectivity index (χ0v) is 14.3. The number of carbonyl (C=O) groups excluding carboxylic acids is 1. The summed E-state index contributed by atoms with van der Waals surface area (Å²) in [4.78, 5) is 14.2. The summed E-state index contributed by atoms with van der Waals surface area (Å²) in [5.41, 5.74) is 0.665. The van der Waals surface area contributed by atoms with Crippen LogP contribution < -0.4 is 5.32 Å². The summed E-state index contributed by atoms with van der Waals surface area (Å²) >= 11 is 6.22. The van der Waals surface area contributed by atoms with Crippen molar-refractivity contribution in [3.63, 3.8) is 0 Å². The number of amides is 1. The van der Waals surface area contributed by atoms with Crippen LogP contribution in [0, 0.1) is 0 Å². The normalized spacial score (nSPS) is 19.7. The number of carbonyl (C=O) groups is 1. The number of hydrogen-bond acceptors (Lipinski definition) is 3. The lowest BCUT2D eigenvalue weighted by Crippen LogP contribution is -2.48. The third kappa shape index (κ3) is 5.50. The molecule has 0 spiro atoms. The molecular formula is C17H25ClN2O2. The number of alkyl carbamates (subject to hydrolysis) is 1. The molecule has 5 heteroatoms. The van der Waals surface area contributed by atoms with Gasteiger partial charge in [-0.2, -0.15) is 0 Å². The molecule has 0 radical (unpaired) electrons. The molecule has 1 atom stereocenters. The van der Waals surface area contributed by atoms with Gasteiger partial charge in [-0.3, -0.25) is 4.90 Å². The van der Waals surface area contributed by atoms with Crippen LogP contribution in [0.2, 0.25) is 5.02 Å². The lowest BCUT2D eigenvalue weighted by atomic mass is 10.0. The highest BCUT2D eigenvalue weighted by Crippen LogP contribution is 2.20. The minimum atomic E-state index is -0.462. The summed E-state index contributed by atoms with van der Waals surface area (Å²) in [5, 5.41) is 3.77. The van der Waals surface area contributed by atoms with Gasteiger partial charge in [-0.1, -0.05) is 29.8 Å². The molecule has 1 saturated heterocycles. The fourth-order valence-electron chi connectivity index (χ4n) is 2.66. The van der Waals surface area contributed by atoms with Crippen molar-refractivity contribution in [2.75, 3.05) is 13.1 Å². The van der Waals surface area contributed by atoms with Crippen LogP contribution in [-0.4, -0.2) is 35.7 Å². The first kappa shape index (κ1) is 17.1. The van der Waals surface area contributed by atoms with Crippen molar-refractivity contribution >= 4 is 17.7 Å². The van der Waals surface area contributed by atoms with Crippen LogP contribution in [-0.2, 0) is 11.3 Å². The Labute approximate surface area is 137 Å². The number of halogens is 1. The van der Waals surface area contributed by atoms with Crippen LogP contribution in [0.5, 0.6) is 0 Å². The maximum absolute atomic E-state index is 11.9. The number of benzene rings is 1. The summed E-state index contributed by atoms with van der Waals surface area (Å²) in [5.74, 6) is 0. The van der Waals surface area contributed by atoms with E-state index in [-0.39, 0.29) is 12.1 Å². The average Bonchev–Trinajstić information content (AvgIpc) is 2.39. The smallest absolute Gasteiger partial charge is 0.407 e. The van der Waals surface area contributed by atoms with Gasteiger partial charge >= 0.3 is 6.09 Å². The van der Waals surface area contributed by atoms with Gasteiger partial charge in [0, 0.05) is 24.2 Å². The first-order valence-corrected chi connectivity index (χ1v) is 8.16. The van der Waals surface area contributed by atoms with E-state index in [4.69, 9.17) is 16.3 Å². The van der Waals surface area contributed by atoms with Gasteiger partial charge in [0.05, 0.1) is 0 Å². The highest BCUT2D eigenvalue weighted by Gasteiger charge is 2.24. The molecule has 0 aliphatic carbocycles. The van der Waals surface area contributed by atoms with Crippen LogP contribution in [0.3, 0.4) is 0 Å². The highest BCUT2D eigenvalue weighted by molar-refractivity contribution is 6.31. The van der Waals surface area contributed by atoms with Gasteiger partial charge in [-0.15, -0.1) is 0 Å². The number of likely N-dealkylation sites (tertiary alicyclic amines) is 1. The Hall–Kier alpha value is -1.26. The number of nitrogens with zero attached hydrogens (tertiary/aromatic N) is 1. The summed E-state index contributed by atoms with van der Waals surface area (Å²) in [6.45, 7) is 8.28. The van der Waals surface area contributed by atoms with Gasteiger partial charge in [-0.25, -0.2) is 4.79 Å². The van der Waals surface area contributed by atoms with Gasteiger partial charge < -0.3 is 10.1 Å². The monoisotopic (exact) mass is 324 g/mol. The van der Waals surface area contributed by atoms with Crippen LogP contribution in [0.4, 0.5) is 4.79 Å². The zero-order valence-electron chi connectivity index (χ0n) is 13.6. The highest BCUT2D eigenvalue weighted by atomic mass is 35.5. The molecule has 0 aromatic heterocycles. The van der Waals surface area contributed by atoms with E-state index in [1.807, 2.05) is 45.0 Å². The van der Waals surface area contributed by atoms with Gasteiger partial charge in [0.2, 0.25) is 0 Å². The van der Waals surface area contributed by atoms with Crippen LogP contribution in [0.1, 0.15) is 39.2 Å². The Morgan fingerprint density at radius 3 is 2.82 bits per heavy atom. The lowest BCUT2D eigenvalue weighted by Gasteiger charge is -2.33. The third-order valence-electron chi connectivity index (χ3n) is 3.58. The second kappa shape index (κ2) is 7.34. The quantitative estimate of drug-likeness (QED) is 0.918. The molecule has 122 valence electrons. The Balaban J connectivity index is 1.87. The SMILES string of the molecule is CC(C)(C)OC(=O)NC1CCCN(Cc2ccccc2Cl)C1. The number of rotatable bonds is 3. The fourth-order valence-corrected chi connectivity index (χ4v) is 2.85. The Bertz CT molecular complexity index is 514. The van der Waals surface area contributed by atoms with Gasteiger partial charge in [0.15, 0.2) is 0 Å². The van der Waals surface area contributed by atoms with Gasteiger partial charge in [0.25, 0.3) is 0 Å². The molecule has 0 bridgehead atoms. The van der Waals surface area contributed by atoms with Gasteiger partial charge in [0.1, 0.15) is 5.60 Å². The fraction of sp³-hybridized carbons (Fsp3) is 0.588. The number of ether oxygens (including phenoxy) is 1. The zero-order chi connectivity index (χ0) is 16.2. The molecule has 4 nitrogen and oxygen atoms in total. The number of nitrogens with one attached hydrogen (secondary N) is 1. The molecular weight excluding hydrogens is 300 g/mol. The third-order valence-corrected chi connectivity index (χ3v) is 3.95. The Morgan fingerprint density at radius 1 is 1.41 bits per heavy atom. The molecule has 1 heterocycles. The molecule has 2 rings (SSSR count). The molecule has 0 saturated carbocycles. The summed E-state index contributed by atoms with van der Waals surface area (Å²) in [7, 11) is 0. The molecule has 1 N–H and O–H groups in total. The molecule has 1 aromatic carbocycles. The first-order chi connectivity index (χ1) is 10.3. The average molecular weight is 325 g/mol. The second-order valence-corrected chi connectivity index (χ2v) is 7.22. The van der Waals surface area contributed by atoms with E-state index in [2.05, 4.69) is 10.2 Å². The van der Waals surface area contributed by atoms with Crippen molar-refractivity contribution in [3.05, 3.63) is 34.9 Å². The van der Waals surface area contributed by atoms with Crippen molar-refractivity contribution in [2.45, 2.75) is 51.8 Å². The molecule has 1 aliphatic rings. The topological polar surface area (TPSA) is 41.6 Å². The van der Waals surface area contributed by atoms with Gasteiger partial charge in [-0.05, 0) is 51.8 Å². The Morgan fingerprint density at radius 2 is 2.14 bits per heavy atom. The van der Waals surface area contributed by atoms with Crippen molar-refractivity contribution in [1.29, 1.82) is 0 Å². The predicted octanol–water partition coefficient (Wildman–Crippen LogP) is 3.83. The van der Waals surface area contributed by atoms with Crippen LogP contribution in [0.15, 0.2) is 24.3 Å². The van der Waals surface area contributed by atoms with Crippen molar-refractivity contribution < 1.29 is 9.53 Å². The summed E-state index contributed by atoms with van der Waals surface area (Å²) in [6.07, 6.45) is 1.71. The predicted molar refractivity (Wildman–Crippen MR) is 89.1 cm³/mol. The second-order valence-electron chi connectivity index (χ2n) is 6.81. The van der Waals surface area contributed by atoms with E-state index in [1.54, 1.807) is 0 Å². The lowest BCUT2D eigenvalue weighted by molar-refractivity contribution is 0.0470. The van der Waals surface area contributed by atoms with E-state index >= 15 is 0 Å². The number of hydrogen-bond donors (Lipinski definition) is 1. The van der Waals surface area contributed by atoms with E-state index in [1.165, 1.54) is 0 Å². The molecule has 1 aliphatic heterocycles. The molecule has 22 heavy (non-hydrogen) atoms. The Kier molecular flexibility index (Phi) is 5.70.